The van der Waals surface area contributed by atoms with Gasteiger partial charge in [0.05, 0.1) is 6.42 Å². The van der Waals surface area contributed by atoms with Crippen LogP contribution in [0.3, 0.4) is 0 Å². The predicted octanol–water partition coefficient (Wildman–Crippen LogP) is 1.60. The number of carbonyl (C=O) groups is 2. The lowest BCUT2D eigenvalue weighted by Crippen LogP contribution is -2.40. The van der Waals surface area contributed by atoms with Crippen molar-refractivity contribution in [2.24, 2.45) is 5.73 Å². The molecule has 3 heterocycles. The van der Waals surface area contributed by atoms with E-state index in [1.54, 1.807) is 18.5 Å². The molecule has 0 atom stereocenters. The fourth-order valence-electron chi connectivity index (χ4n) is 2.75. The van der Waals surface area contributed by atoms with Crippen LogP contribution in [0.4, 0.5) is 10.6 Å². The largest absolute Gasteiger partial charge is 0.481 e. The number of primary amides is 1. The lowest BCUT2D eigenvalue weighted by Gasteiger charge is -2.26. The van der Waals surface area contributed by atoms with Gasteiger partial charge in [0.1, 0.15) is 5.82 Å². The highest BCUT2D eigenvalue weighted by Crippen LogP contribution is 2.29. The molecular weight excluding hydrogens is 296 g/mol. The fourth-order valence-corrected chi connectivity index (χ4v) is 2.75. The van der Waals surface area contributed by atoms with E-state index in [-0.39, 0.29) is 6.42 Å². The Bertz CT molecular complexity index is 776. The monoisotopic (exact) mass is 312 g/mol. The summed E-state index contributed by atoms with van der Waals surface area (Å²) < 4.78 is 0. The predicted molar refractivity (Wildman–Crippen MR) is 84.1 cm³/mol. The Kier molecular flexibility index (Phi) is 3.92. The number of carboxylic acids is 1. The third-order valence-corrected chi connectivity index (χ3v) is 3.78. The molecule has 2 amide bonds. The van der Waals surface area contributed by atoms with Crippen LogP contribution in [-0.4, -0.2) is 33.6 Å². The summed E-state index contributed by atoms with van der Waals surface area (Å²) in [6.07, 6.45) is 6.44. The van der Waals surface area contributed by atoms with Gasteiger partial charge in [-0.3, -0.25) is 14.7 Å². The summed E-state index contributed by atoms with van der Waals surface area (Å²) in [5, 5.41) is 8.88. The molecule has 0 fully saturated rings. The van der Waals surface area contributed by atoms with Crippen LogP contribution in [0.15, 0.2) is 30.7 Å². The number of hydrogen-bond donors (Lipinski definition) is 2. The van der Waals surface area contributed by atoms with Crippen molar-refractivity contribution in [3.05, 3.63) is 41.9 Å². The number of rotatable bonds is 3. The number of pyridine rings is 2. The summed E-state index contributed by atoms with van der Waals surface area (Å²) >= 11 is 0. The van der Waals surface area contributed by atoms with Crippen LogP contribution in [0.25, 0.3) is 11.1 Å². The van der Waals surface area contributed by atoms with Gasteiger partial charge in [-0.2, -0.15) is 0 Å². The second-order valence-electron chi connectivity index (χ2n) is 5.45. The van der Waals surface area contributed by atoms with E-state index in [1.165, 1.54) is 11.1 Å². The number of carboxylic acid groups (broad SMARTS) is 1. The average Bonchev–Trinajstić information content (AvgIpc) is 2.53. The molecule has 7 nitrogen and oxygen atoms in total. The molecule has 2 aromatic rings. The van der Waals surface area contributed by atoms with Crippen molar-refractivity contribution in [2.45, 2.75) is 19.3 Å². The molecule has 7 heteroatoms. The Balaban J connectivity index is 1.96. The first-order chi connectivity index (χ1) is 11.0. The first kappa shape index (κ1) is 15.0. The molecule has 1 aliphatic heterocycles. The maximum Gasteiger partial charge on any atom is 0.320 e. The van der Waals surface area contributed by atoms with Crippen molar-refractivity contribution in [3.63, 3.8) is 0 Å². The second kappa shape index (κ2) is 6.04. The van der Waals surface area contributed by atoms with Crippen LogP contribution in [0.1, 0.15) is 17.5 Å². The number of aryl methyl sites for hydroxylation is 1. The number of fused-ring (bicyclic) bond motifs is 1. The summed E-state index contributed by atoms with van der Waals surface area (Å²) in [6.45, 7) is 0.574. The molecule has 0 aromatic carbocycles. The third-order valence-electron chi connectivity index (χ3n) is 3.78. The Morgan fingerprint density at radius 3 is 2.74 bits per heavy atom. The van der Waals surface area contributed by atoms with Crippen molar-refractivity contribution < 1.29 is 14.7 Å². The number of aromatic nitrogens is 2. The quantitative estimate of drug-likeness (QED) is 0.894. The zero-order valence-corrected chi connectivity index (χ0v) is 12.4. The molecule has 0 radical (unpaired) electrons. The van der Waals surface area contributed by atoms with E-state index in [0.29, 0.717) is 17.9 Å². The molecule has 2 aromatic heterocycles. The van der Waals surface area contributed by atoms with Crippen LogP contribution in [0, 0.1) is 0 Å². The molecular formula is C16H16N4O3. The van der Waals surface area contributed by atoms with E-state index in [2.05, 4.69) is 9.97 Å². The highest BCUT2D eigenvalue weighted by atomic mass is 16.4. The minimum atomic E-state index is -0.899. The average molecular weight is 312 g/mol. The lowest BCUT2D eigenvalue weighted by molar-refractivity contribution is -0.136. The van der Waals surface area contributed by atoms with E-state index in [1.807, 2.05) is 6.07 Å². The Morgan fingerprint density at radius 2 is 2.00 bits per heavy atom. The summed E-state index contributed by atoms with van der Waals surface area (Å²) in [5.41, 5.74) is 8.61. The number of urea groups is 1. The molecule has 0 spiro atoms. The van der Waals surface area contributed by atoms with Gasteiger partial charge in [-0.15, -0.1) is 0 Å². The molecule has 0 aliphatic carbocycles. The Hall–Kier alpha value is -2.96. The fraction of sp³-hybridized carbons (Fsp3) is 0.250. The normalized spacial score (nSPS) is 13.5. The van der Waals surface area contributed by atoms with Crippen LogP contribution >= 0.6 is 0 Å². The van der Waals surface area contributed by atoms with E-state index in [4.69, 9.17) is 10.8 Å². The Morgan fingerprint density at radius 1 is 1.22 bits per heavy atom. The maximum absolute atomic E-state index is 11.5. The van der Waals surface area contributed by atoms with Gasteiger partial charge in [-0.05, 0) is 36.1 Å². The van der Waals surface area contributed by atoms with Crippen molar-refractivity contribution in [1.29, 1.82) is 0 Å². The van der Waals surface area contributed by atoms with Gasteiger partial charge in [-0.1, -0.05) is 0 Å². The number of nitrogens with two attached hydrogens (primary N) is 1. The smallest absolute Gasteiger partial charge is 0.320 e. The summed E-state index contributed by atoms with van der Waals surface area (Å²) in [4.78, 5) is 32.2. The van der Waals surface area contributed by atoms with Gasteiger partial charge in [0.2, 0.25) is 0 Å². The molecule has 0 unspecified atom stereocenters. The van der Waals surface area contributed by atoms with Crippen LogP contribution in [0.2, 0.25) is 0 Å². The minimum Gasteiger partial charge on any atom is -0.481 e. The summed E-state index contributed by atoms with van der Waals surface area (Å²) in [6, 6.07) is 3.24. The number of nitrogens with zero attached hydrogens (tertiary/aromatic N) is 3. The topological polar surface area (TPSA) is 109 Å². The molecule has 118 valence electrons. The highest BCUT2D eigenvalue weighted by Gasteiger charge is 2.22. The van der Waals surface area contributed by atoms with Gasteiger partial charge in [0.15, 0.2) is 0 Å². The van der Waals surface area contributed by atoms with Gasteiger partial charge in [-0.25, -0.2) is 9.78 Å². The van der Waals surface area contributed by atoms with Crippen LogP contribution in [0.5, 0.6) is 0 Å². The van der Waals surface area contributed by atoms with E-state index < -0.39 is 12.0 Å². The van der Waals surface area contributed by atoms with Crippen molar-refractivity contribution in [2.75, 3.05) is 11.4 Å². The van der Waals surface area contributed by atoms with Crippen molar-refractivity contribution >= 4 is 17.8 Å². The summed E-state index contributed by atoms with van der Waals surface area (Å²) in [5.74, 6) is -0.299. The molecule has 0 saturated carbocycles. The number of anilines is 1. The van der Waals surface area contributed by atoms with Gasteiger partial charge in [0, 0.05) is 36.3 Å². The molecule has 3 N–H and O–H groups in total. The van der Waals surface area contributed by atoms with Gasteiger partial charge < -0.3 is 10.8 Å². The van der Waals surface area contributed by atoms with E-state index in [9.17, 15) is 9.59 Å². The zero-order chi connectivity index (χ0) is 16.4. The SMILES string of the molecule is NC(=O)N1CCCc2cc(-c3cncc(CC(=O)O)c3)cnc21. The van der Waals surface area contributed by atoms with E-state index >= 15 is 0 Å². The first-order valence-corrected chi connectivity index (χ1v) is 7.26. The van der Waals surface area contributed by atoms with Crippen LogP contribution < -0.4 is 10.6 Å². The molecule has 3 rings (SSSR count). The minimum absolute atomic E-state index is 0.0747. The number of hydrogen-bond acceptors (Lipinski definition) is 4. The van der Waals surface area contributed by atoms with Gasteiger partial charge in [0.25, 0.3) is 0 Å². The number of amides is 2. The number of carbonyl (C=O) groups excluding carboxylic acids is 1. The number of aliphatic carboxylic acids is 1. The maximum atomic E-state index is 11.5. The van der Waals surface area contributed by atoms with Crippen LogP contribution in [-0.2, 0) is 17.6 Å². The van der Waals surface area contributed by atoms with E-state index in [0.717, 1.165) is 29.5 Å². The zero-order valence-electron chi connectivity index (χ0n) is 12.4. The Labute approximate surface area is 132 Å². The standard InChI is InChI=1S/C16H16N4O3/c17-16(23)20-3-1-2-11-6-13(9-19-15(11)20)12-4-10(5-14(21)22)7-18-8-12/h4,6-9H,1-3,5H2,(H2,17,23)(H,21,22). The lowest BCUT2D eigenvalue weighted by atomic mass is 10.0. The van der Waals surface area contributed by atoms with Crippen molar-refractivity contribution in [3.8, 4) is 11.1 Å². The third kappa shape index (κ3) is 3.13. The van der Waals surface area contributed by atoms with Crippen molar-refractivity contribution in [1.82, 2.24) is 9.97 Å². The highest BCUT2D eigenvalue weighted by molar-refractivity contribution is 5.91. The molecule has 1 aliphatic rings. The second-order valence-corrected chi connectivity index (χ2v) is 5.45. The first-order valence-electron chi connectivity index (χ1n) is 7.26. The molecule has 0 bridgehead atoms. The summed E-state index contributed by atoms with van der Waals surface area (Å²) in [7, 11) is 0. The van der Waals surface area contributed by atoms with Gasteiger partial charge >= 0.3 is 12.0 Å². The molecule has 23 heavy (non-hydrogen) atoms. The molecule has 0 saturated heterocycles.